The molecule has 7 heteroatoms. The highest BCUT2D eigenvalue weighted by atomic mass is 32.1. The van der Waals surface area contributed by atoms with Crippen molar-refractivity contribution in [2.24, 2.45) is 5.92 Å². The number of hydrogen-bond donors (Lipinski definition) is 1. The Bertz CT molecular complexity index is 876. The van der Waals surface area contributed by atoms with Crippen LogP contribution in [-0.4, -0.2) is 38.8 Å². The summed E-state index contributed by atoms with van der Waals surface area (Å²) in [4.78, 5) is 27.3. The molecule has 0 aliphatic carbocycles. The Labute approximate surface area is 162 Å². The maximum Gasteiger partial charge on any atom is 0.273 e. The van der Waals surface area contributed by atoms with E-state index >= 15 is 0 Å². The van der Waals surface area contributed by atoms with Crippen molar-refractivity contribution in [3.63, 3.8) is 0 Å². The first-order valence-electron chi connectivity index (χ1n) is 9.11. The fraction of sp³-hybridized carbons (Fsp3) is 0.300. The fourth-order valence-electron chi connectivity index (χ4n) is 3.34. The Morgan fingerprint density at radius 3 is 2.59 bits per heavy atom. The lowest BCUT2D eigenvalue weighted by atomic mass is 9.90. The quantitative estimate of drug-likeness (QED) is 0.731. The van der Waals surface area contributed by atoms with Crippen molar-refractivity contribution in [1.82, 2.24) is 19.9 Å². The number of nitrogens with zero attached hydrogens (tertiary/aromatic N) is 4. The third-order valence-electron chi connectivity index (χ3n) is 4.78. The molecule has 3 aromatic rings. The van der Waals surface area contributed by atoms with Crippen molar-refractivity contribution in [3.8, 4) is 0 Å². The Morgan fingerprint density at radius 1 is 1.11 bits per heavy atom. The maximum absolute atomic E-state index is 12.7. The number of amides is 1. The number of rotatable bonds is 5. The number of carbonyl (C=O) groups excluding carboxylic acids is 1. The third-order valence-corrected chi connectivity index (χ3v) is 5.53. The zero-order valence-electron chi connectivity index (χ0n) is 14.9. The van der Waals surface area contributed by atoms with E-state index in [1.54, 1.807) is 23.8 Å². The fourth-order valence-corrected chi connectivity index (χ4v) is 4.02. The SMILES string of the molecule is O=C(c1csc(Nc2ncccn2)n1)N1CCC(Cc2ccccc2)CC1. The van der Waals surface area contributed by atoms with Gasteiger partial charge in [0.05, 0.1) is 0 Å². The molecule has 0 spiro atoms. The van der Waals surface area contributed by atoms with Crippen LogP contribution < -0.4 is 5.32 Å². The second-order valence-corrected chi connectivity index (χ2v) is 7.52. The first kappa shape index (κ1) is 17.6. The van der Waals surface area contributed by atoms with Crippen LogP contribution in [0.25, 0.3) is 0 Å². The average molecular weight is 379 g/mol. The van der Waals surface area contributed by atoms with Gasteiger partial charge < -0.3 is 10.2 Å². The smallest absolute Gasteiger partial charge is 0.273 e. The van der Waals surface area contributed by atoms with Crippen molar-refractivity contribution in [3.05, 3.63) is 65.4 Å². The van der Waals surface area contributed by atoms with Crippen molar-refractivity contribution < 1.29 is 4.79 Å². The van der Waals surface area contributed by atoms with Crippen LogP contribution in [0.1, 0.15) is 28.9 Å². The minimum absolute atomic E-state index is 0.00596. The molecule has 0 bridgehead atoms. The van der Waals surface area contributed by atoms with Crippen molar-refractivity contribution in [1.29, 1.82) is 0 Å². The number of carbonyl (C=O) groups is 1. The highest BCUT2D eigenvalue weighted by molar-refractivity contribution is 7.14. The van der Waals surface area contributed by atoms with Crippen molar-refractivity contribution >= 4 is 28.3 Å². The molecule has 0 saturated carbocycles. The highest BCUT2D eigenvalue weighted by Gasteiger charge is 2.25. The lowest BCUT2D eigenvalue weighted by molar-refractivity contribution is 0.0685. The monoisotopic (exact) mass is 379 g/mol. The Morgan fingerprint density at radius 2 is 1.85 bits per heavy atom. The molecule has 0 atom stereocenters. The number of thiazole rings is 1. The molecule has 6 nitrogen and oxygen atoms in total. The molecule has 27 heavy (non-hydrogen) atoms. The normalized spacial score (nSPS) is 14.9. The highest BCUT2D eigenvalue weighted by Crippen LogP contribution is 2.24. The predicted molar refractivity (Wildman–Crippen MR) is 106 cm³/mol. The van der Waals surface area contributed by atoms with E-state index < -0.39 is 0 Å². The van der Waals surface area contributed by atoms with Crippen LogP contribution in [-0.2, 0) is 6.42 Å². The average Bonchev–Trinajstić information content (AvgIpc) is 3.18. The summed E-state index contributed by atoms with van der Waals surface area (Å²) in [6.45, 7) is 1.58. The number of aromatic nitrogens is 3. The van der Waals surface area contributed by atoms with Crippen LogP contribution in [0.4, 0.5) is 11.1 Å². The van der Waals surface area contributed by atoms with Crippen molar-refractivity contribution in [2.75, 3.05) is 18.4 Å². The van der Waals surface area contributed by atoms with E-state index in [4.69, 9.17) is 0 Å². The summed E-state index contributed by atoms with van der Waals surface area (Å²) in [6.07, 6.45) is 6.48. The van der Waals surface area contributed by atoms with E-state index in [2.05, 4.69) is 44.5 Å². The summed E-state index contributed by atoms with van der Waals surface area (Å²) < 4.78 is 0. The Hall–Kier alpha value is -2.80. The molecular weight excluding hydrogens is 358 g/mol. The summed E-state index contributed by atoms with van der Waals surface area (Å²) in [6, 6.07) is 12.3. The summed E-state index contributed by atoms with van der Waals surface area (Å²) >= 11 is 1.39. The second kappa shape index (κ2) is 8.26. The van der Waals surface area contributed by atoms with Crippen LogP contribution in [0.2, 0.25) is 0 Å². The number of piperidine rings is 1. The summed E-state index contributed by atoms with van der Waals surface area (Å²) in [5.41, 5.74) is 1.86. The molecule has 3 heterocycles. The first-order chi connectivity index (χ1) is 13.3. The Kier molecular flexibility index (Phi) is 5.39. The van der Waals surface area contributed by atoms with E-state index in [1.807, 2.05) is 11.0 Å². The number of likely N-dealkylation sites (tertiary alicyclic amines) is 1. The van der Waals surface area contributed by atoms with Gasteiger partial charge in [0, 0.05) is 30.9 Å². The first-order valence-corrected chi connectivity index (χ1v) is 9.98. The van der Waals surface area contributed by atoms with Crippen LogP contribution in [0.3, 0.4) is 0 Å². The molecule has 1 aliphatic rings. The molecule has 1 amide bonds. The molecule has 2 aromatic heterocycles. The van der Waals surface area contributed by atoms with E-state index in [-0.39, 0.29) is 5.91 Å². The number of anilines is 2. The maximum atomic E-state index is 12.7. The Balaban J connectivity index is 1.32. The van der Waals surface area contributed by atoms with Gasteiger partial charge in [-0.1, -0.05) is 30.3 Å². The summed E-state index contributed by atoms with van der Waals surface area (Å²) in [5, 5.41) is 5.45. The molecule has 1 aromatic carbocycles. The van der Waals surface area contributed by atoms with Crippen LogP contribution >= 0.6 is 11.3 Å². The molecule has 138 valence electrons. The largest absolute Gasteiger partial charge is 0.337 e. The van der Waals surface area contributed by atoms with Gasteiger partial charge >= 0.3 is 0 Å². The second-order valence-electron chi connectivity index (χ2n) is 6.66. The van der Waals surface area contributed by atoms with E-state index in [9.17, 15) is 4.79 Å². The minimum atomic E-state index is 0.00596. The van der Waals surface area contributed by atoms with E-state index in [0.29, 0.717) is 22.7 Å². The van der Waals surface area contributed by atoms with Gasteiger partial charge in [-0.2, -0.15) is 0 Å². The minimum Gasteiger partial charge on any atom is -0.337 e. The van der Waals surface area contributed by atoms with Gasteiger partial charge in [0.25, 0.3) is 5.91 Å². The molecule has 0 unspecified atom stereocenters. The van der Waals surface area contributed by atoms with E-state index in [1.165, 1.54) is 16.9 Å². The zero-order chi connectivity index (χ0) is 18.5. The van der Waals surface area contributed by atoms with E-state index in [0.717, 1.165) is 32.4 Å². The van der Waals surface area contributed by atoms with Gasteiger partial charge in [0.2, 0.25) is 5.95 Å². The molecule has 1 aliphatic heterocycles. The van der Waals surface area contributed by atoms with Crippen molar-refractivity contribution in [2.45, 2.75) is 19.3 Å². The van der Waals surface area contributed by atoms with Gasteiger partial charge in [-0.25, -0.2) is 15.0 Å². The van der Waals surface area contributed by atoms with Gasteiger partial charge in [-0.3, -0.25) is 4.79 Å². The predicted octanol–water partition coefficient (Wildman–Crippen LogP) is 3.77. The standard InChI is InChI=1S/C20H21N5OS/c26-18(17-14-27-20(23-17)24-19-21-9-4-10-22-19)25-11-7-16(8-12-25)13-15-5-2-1-3-6-15/h1-6,9-10,14,16H,7-8,11-13H2,(H,21,22,23,24). The van der Waals surface area contributed by atoms with Crippen LogP contribution in [0.5, 0.6) is 0 Å². The summed E-state index contributed by atoms with van der Waals surface area (Å²) in [5.74, 6) is 1.12. The van der Waals surface area contributed by atoms with Gasteiger partial charge in [0.1, 0.15) is 5.69 Å². The molecular formula is C20H21N5OS. The molecule has 1 saturated heterocycles. The molecule has 1 N–H and O–H groups in total. The van der Waals surface area contributed by atoms with Crippen LogP contribution in [0, 0.1) is 5.92 Å². The van der Waals surface area contributed by atoms with Crippen LogP contribution in [0.15, 0.2) is 54.2 Å². The zero-order valence-corrected chi connectivity index (χ0v) is 15.7. The molecule has 1 fully saturated rings. The number of benzene rings is 1. The third kappa shape index (κ3) is 4.49. The number of hydrogen-bond acceptors (Lipinski definition) is 6. The van der Waals surface area contributed by atoms with Gasteiger partial charge in [-0.15, -0.1) is 11.3 Å². The summed E-state index contributed by atoms with van der Waals surface area (Å²) in [7, 11) is 0. The topological polar surface area (TPSA) is 71.0 Å². The lowest BCUT2D eigenvalue weighted by Crippen LogP contribution is -2.39. The molecule has 4 rings (SSSR count). The number of nitrogens with one attached hydrogen (secondary N) is 1. The van der Waals surface area contributed by atoms with Gasteiger partial charge in [-0.05, 0) is 36.8 Å². The van der Waals surface area contributed by atoms with Gasteiger partial charge in [0.15, 0.2) is 5.13 Å². The molecule has 0 radical (unpaired) electrons. The lowest BCUT2D eigenvalue weighted by Gasteiger charge is -2.31.